The number of carboxylic acids is 1. The first-order valence-electron chi connectivity index (χ1n) is 10.8. The highest BCUT2D eigenvalue weighted by Crippen LogP contribution is 2.41. The lowest BCUT2D eigenvalue weighted by Gasteiger charge is -2.29. The van der Waals surface area contributed by atoms with Crippen molar-refractivity contribution in [3.8, 4) is 5.69 Å². The second kappa shape index (κ2) is 8.74. The highest BCUT2D eigenvalue weighted by molar-refractivity contribution is 7.80. The van der Waals surface area contributed by atoms with Crippen molar-refractivity contribution in [3.63, 3.8) is 0 Å². The molecule has 4 rings (SSSR count). The first-order chi connectivity index (χ1) is 15.3. The molecular weight excluding hydrogens is 420 g/mol. The largest absolute Gasteiger partial charge is 0.478 e. The van der Waals surface area contributed by atoms with Crippen molar-refractivity contribution in [1.29, 1.82) is 0 Å². The van der Waals surface area contributed by atoms with E-state index in [-0.39, 0.29) is 17.6 Å². The molecule has 0 radical (unpaired) electrons. The lowest BCUT2D eigenvalue weighted by atomic mass is 9.96. The third-order valence-electron chi connectivity index (χ3n) is 5.92. The molecule has 166 valence electrons. The summed E-state index contributed by atoms with van der Waals surface area (Å²) in [5.74, 6) is -0.512. The van der Waals surface area contributed by atoms with Gasteiger partial charge >= 0.3 is 5.97 Å². The predicted molar refractivity (Wildman–Crippen MR) is 129 cm³/mol. The molecule has 0 spiro atoms. The van der Waals surface area contributed by atoms with Crippen LogP contribution in [0.3, 0.4) is 0 Å². The number of carboxylic acid groups (broad SMARTS) is 1. The average Bonchev–Trinajstić information content (AvgIpc) is 3.23. The van der Waals surface area contributed by atoms with Gasteiger partial charge in [-0.3, -0.25) is 4.98 Å². The van der Waals surface area contributed by atoms with E-state index >= 15 is 0 Å². The molecular formula is C25H28N4O2S. The van der Waals surface area contributed by atoms with Gasteiger partial charge in [0, 0.05) is 24.1 Å². The van der Waals surface area contributed by atoms with E-state index in [0.29, 0.717) is 11.6 Å². The van der Waals surface area contributed by atoms with Crippen LogP contribution in [0.2, 0.25) is 0 Å². The van der Waals surface area contributed by atoms with Crippen LogP contribution in [0.5, 0.6) is 0 Å². The maximum absolute atomic E-state index is 11.9. The first-order valence-corrected chi connectivity index (χ1v) is 11.2. The Morgan fingerprint density at radius 1 is 1.19 bits per heavy atom. The van der Waals surface area contributed by atoms with E-state index < -0.39 is 5.97 Å². The first kappa shape index (κ1) is 22.0. The number of nitrogens with zero attached hydrogens (tertiary/aromatic N) is 3. The quantitative estimate of drug-likeness (QED) is 0.527. The lowest BCUT2D eigenvalue weighted by Crippen LogP contribution is -2.33. The summed E-state index contributed by atoms with van der Waals surface area (Å²) in [6.07, 6.45) is 1.80. The molecule has 0 amide bonds. The highest BCUT2D eigenvalue weighted by atomic mass is 32.1. The molecule has 2 atom stereocenters. The Kier molecular flexibility index (Phi) is 6.02. The number of thiocarbonyl (C=S) groups is 1. The van der Waals surface area contributed by atoms with E-state index in [4.69, 9.17) is 12.2 Å². The Labute approximate surface area is 193 Å². The summed E-state index contributed by atoms with van der Waals surface area (Å²) in [5.41, 5.74) is 4.98. The minimum atomic E-state index is -0.939. The summed E-state index contributed by atoms with van der Waals surface area (Å²) in [6, 6.07) is 15.0. The third-order valence-corrected chi connectivity index (χ3v) is 6.28. The van der Waals surface area contributed by atoms with E-state index in [2.05, 4.69) is 35.1 Å². The topological polar surface area (TPSA) is 70.4 Å². The monoisotopic (exact) mass is 448 g/mol. The minimum Gasteiger partial charge on any atom is -0.478 e. The number of hydrogen-bond donors (Lipinski definition) is 2. The molecule has 6 nitrogen and oxygen atoms in total. The van der Waals surface area contributed by atoms with Crippen LogP contribution in [0.4, 0.5) is 0 Å². The number of pyridine rings is 1. The lowest BCUT2D eigenvalue weighted by molar-refractivity contribution is 0.0697. The number of aryl methyl sites for hydroxylation is 1. The van der Waals surface area contributed by atoms with Crippen LogP contribution in [0.1, 0.15) is 58.9 Å². The smallest absolute Gasteiger partial charge is 0.337 e. The van der Waals surface area contributed by atoms with Gasteiger partial charge in [0.25, 0.3) is 0 Å². The highest BCUT2D eigenvalue weighted by Gasteiger charge is 2.41. The summed E-state index contributed by atoms with van der Waals surface area (Å²) < 4.78 is 2.03. The number of carbonyl (C=O) groups is 1. The second-order valence-corrected chi connectivity index (χ2v) is 9.04. The van der Waals surface area contributed by atoms with Crippen molar-refractivity contribution in [2.24, 2.45) is 5.92 Å². The van der Waals surface area contributed by atoms with Crippen molar-refractivity contribution in [1.82, 2.24) is 19.8 Å². The summed E-state index contributed by atoms with van der Waals surface area (Å²) in [4.78, 5) is 18.7. The van der Waals surface area contributed by atoms with E-state index in [1.54, 1.807) is 18.3 Å². The minimum absolute atomic E-state index is 0.0447. The van der Waals surface area contributed by atoms with Crippen LogP contribution in [0.15, 0.2) is 54.7 Å². The zero-order chi connectivity index (χ0) is 23.0. The number of hydrogen-bond acceptors (Lipinski definition) is 3. The maximum Gasteiger partial charge on any atom is 0.337 e. The predicted octanol–water partition coefficient (Wildman–Crippen LogP) is 4.82. The molecule has 1 aliphatic rings. The van der Waals surface area contributed by atoms with Crippen LogP contribution >= 0.6 is 12.2 Å². The standard InChI is InChI=1S/C25H28N4O2S/c1-15(2)14-28-23(22(27-25(28)32)20-10-7-8-12-26-20)19-13-16(3)29(17(19)4)21-11-6-5-9-18(21)24(30)31/h5-13,15,22-23H,14H2,1-4H3,(H,27,32)(H,30,31)/t22-,23-/m1/s1. The molecule has 1 fully saturated rings. The molecule has 0 aliphatic carbocycles. The maximum atomic E-state index is 11.9. The Bertz CT molecular complexity index is 1160. The number of rotatable bonds is 6. The van der Waals surface area contributed by atoms with Gasteiger partial charge in [0.2, 0.25) is 0 Å². The number of aromatic nitrogens is 2. The molecule has 0 unspecified atom stereocenters. The van der Waals surface area contributed by atoms with Crippen LogP contribution in [-0.2, 0) is 0 Å². The van der Waals surface area contributed by atoms with Crippen LogP contribution in [-0.4, -0.2) is 37.2 Å². The van der Waals surface area contributed by atoms with Gasteiger partial charge in [-0.25, -0.2) is 4.79 Å². The third kappa shape index (κ3) is 3.88. The Morgan fingerprint density at radius 3 is 2.56 bits per heavy atom. The van der Waals surface area contributed by atoms with Gasteiger partial charge in [-0.1, -0.05) is 32.0 Å². The average molecular weight is 449 g/mol. The summed E-state index contributed by atoms with van der Waals surface area (Å²) >= 11 is 5.75. The SMILES string of the molecule is Cc1cc([C@@H]2[C@@H](c3ccccn3)NC(=S)N2CC(C)C)c(C)n1-c1ccccc1C(=O)O. The normalized spacial score (nSPS) is 18.3. The van der Waals surface area contributed by atoms with Crippen molar-refractivity contribution < 1.29 is 9.90 Å². The van der Waals surface area contributed by atoms with Crippen molar-refractivity contribution in [2.75, 3.05) is 6.54 Å². The molecule has 32 heavy (non-hydrogen) atoms. The van der Waals surface area contributed by atoms with E-state index in [0.717, 1.165) is 34.3 Å². The van der Waals surface area contributed by atoms with Gasteiger partial charge in [0.15, 0.2) is 5.11 Å². The summed E-state index contributed by atoms with van der Waals surface area (Å²) in [6.45, 7) is 9.24. The molecule has 1 aliphatic heterocycles. The number of para-hydroxylation sites is 1. The van der Waals surface area contributed by atoms with Crippen LogP contribution in [0.25, 0.3) is 5.69 Å². The molecule has 2 N–H and O–H groups in total. The molecule has 0 bridgehead atoms. The Morgan fingerprint density at radius 2 is 1.91 bits per heavy atom. The second-order valence-electron chi connectivity index (χ2n) is 8.66. The molecule has 1 aromatic carbocycles. The fourth-order valence-corrected chi connectivity index (χ4v) is 4.96. The van der Waals surface area contributed by atoms with Crippen molar-refractivity contribution >= 4 is 23.3 Å². The van der Waals surface area contributed by atoms with Crippen molar-refractivity contribution in [3.05, 3.63) is 82.9 Å². The van der Waals surface area contributed by atoms with Crippen LogP contribution in [0, 0.1) is 19.8 Å². The molecule has 2 aromatic heterocycles. The zero-order valence-electron chi connectivity index (χ0n) is 18.7. The Balaban J connectivity index is 1.87. The molecule has 3 heterocycles. The van der Waals surface area contributed by atoms with E-state index in [1.165, 1.54) is 0 Å². The van der Waals surface area contributed by atoms with Gasteiger partial charge in [0.1, 0.15) is 0 Å². The molecule has 0 saturated carbocycles. The number of benzene rings is 1. The molecule has 1 saturated heterocycles. The zero-order valence-corrected chi connectivity index (χ0v) is 19.6. The van der Waals surface area contributed by atoms with Gasteiger partial charge < -0.3 is 19.9 Å². The van der Waals surface area contributed by atoms with Crippen LogP contribution < -0.4 is 5.32 Å². The Hall–Kier alpha value is -3.19. The van der Waals surface area contributed by atoms with Gasteiger partial charge in [-0.2, -0.15) is 0 Å². The number of nitrogens with one attached hydrogen (secondary N) is 1. The van der Waals surface area contributed by atoms with Gasteiger partial charge in [0.05, 0.1) is 29.0 Å². The van der Waals surface area contributed by atoms with E-state index in [1.807, 2.05) is 48.7 Å². The molecule has 3 aromatic rings. The van der Waals surface area contributed by atoms with E-state index in [9.17, 15) is 9.90 Å². The summed E-state index contributed by atoms with van der Waals surface area (Å²) in [5, 5.41) is 13.9. The van der Waals surface area contributed by atoms with Gasteiger partial charge in [-0.05, 0) is 67.9 Å². The fourth-order valence-electron chi connectivity index (χ4n) is 4.64. The summed E-state index contributed by atoms with van der Waals surface area (Å²) in [7, 11) is 0. The fraction of sp³-hybridized carbons (Fsp3) is 0.320. The number of aromatic carboxylic acids is 1. The van der Waals surface area contributed by atoms with Gasteiger partial charge in [-0.15, -0.1) is 0 Å². The molecule has 7 heteroatoms. The van der Waals surface area contributed by atoms with Crippen molar-refractivity contribution in [2.45, 2.75) is 39.8 Å².